The summed E-state index contributed by atoms with van der Waals surface area (Å²) >= 11 is 0. The molecule has 3 rings (SSSR count). The lowest BCUT2D eigenvalue weighted by molar-refractivity contribution is -0.137. The summed E-state index contributed by atoms with van der Waals surface area (Å²) in [6, 6.07) is 6.59. The summed E-state index contributed by atoms with van der Waals surface area (Å²) in [7, 11) is -1.95. The van der Waals surface area contributed by atoms with Crippen LogP contribution in [0.1, 0.15) is 16.8 Å². The van der Waals surface area contributed by atoms with Gasteiger partial charge >= 0.3 is 6.18 Å². The number of benzene rings is 1. The van der Waals surface area contributed by atoms with Crippen molar-refractivity contribution in [1.82, 2.24) is 19.7 Å². The normalized spacial score (nSPS) is 16.7. The third-order valence-electron chi connectivity index (χ3n) is 4.67. The number of nitrogens with zero attached hydrogens (tertiary/aromatic N) is 4. The maximum atomic E-state index is 12.9. The monoisotopic (exact) mass is 445 g/mol. The van der Waals surface area contributed by atoms with Gasteiger partial charge in [-0.15, -0.1) is 0 Å². The average molecular weight is 445 g/mol. The first-order chi connectivity index (χ1) is 14.2. The minimum Gasteiger partial charge on any atom is -0.364 e. The number of rotatable bonds is 5. The van der Waals surface area contributed by atoms with Gasteiger partial charge in [-0.25, -0.2) is 8.42 Å². The van der Waals surface area contributed by atoms with Gasteiger partial charge in [0.2, 0.25) is 10.0 Å². The maximum Gasteiger partial charge on any atom is 0.416 e. The first-order valence-electron chi connectivity index (χ1n) is 9.18. The Bertz CT molecular complexity index is 969. The topological polar surface area (TPSA) is 91.0 Å². The van der Waals surface area contributed by atoms with E-state index >= 15 is 0 Å². The van der Waals surface area contributed by atoms with Crippen molar-refractivity contribution in [3.8, 4) is 0 Å². The smallest absolute Gasteiger partial charge is 0.364 e. The van der Waals surface area contributed by atoms with Crippen LogP contribution in [0.3, 0.4) is 0 Å². The Balaban J connectivity index is 1.55. The van der Waals surface area contributed by atoms with E-state index in [9.17, 15) is 21.6 Å². The van der Waals surface area contributed by atoms with Crippen LogP contribution in [0.25, 0.3) is 0 Å². The van der Waals surface area contributed by atoms with Crippen molar-refractivity contribution in [3.05, 3.63) is 53.4 Å². The first-order valence-corrected chi connectivity index (χ1v) is 10.8. The lowest BCUT2D eigenvalue weighted by Crippen LogP contribution is -2.53. The fraction of sp³-hybridized carbons (Fsp3) is 0.444. The van der Waals surface area contributed by atoms with Gasteiger partial charge < -0.3 is 14.7 Å². The number of aromatic nitrogens is 1. The second-order valence-electron chi connectivity index (χ2n) is 6.73. The highest BCUT2D eigenvalue weighted by molar-refractivity contribution is 7.88. The molecule has 30 heavy (non-hydrogen) atoms. The minimum atomic E-state index is -4.40. The van der Waals surface area contributed by atoms with Gasteiger partial charge in [-0.3, -0.25) is 4.99 Å². The fourth-order valence-corrected chi connectivity index (χ4v) is 4.56. The molecule has 1 aliphatic rings. The predicted molar refractivity (Wildman–Crippen MR) is 104 cm³/mol. The number of sulfonamides is 1. The molecule has 1 aromatic heterocycles. The molecule has 1 fully saturated rings. The highest BCUT2D eigenvalue weighted by atomic mass is 32.2. The molecule has 0 radical (unpaired) electrons. The number of hydrogen-bond donors (Lipinski definition) is 1. The number of aliphatic imine (C=N–C) groups is 1. The molecule has 1 N–H and O–H groups in total. The van der Waals surface area contributed by atoms with Gasteiger partial charge in [0.25, 0.3) is 0 Å². The highest BCUT2D eigenvalue weighted by Gasteiger charge is 2.31. The Morgan fingerprint density at radius 2 is 1.97 bits per heavy atom. The van der Waals surface area contributed by atoms with Crippen LogP contribution in [0, 0.1) is 0 Å². The molecule has 1 saturated heterocycles. The molecule has 1 aromatic carbocycles. The van der Waals surface area contributed by atoms with E-state index < -0.39 is 21.8 Å². The summed E-state index contributed by atoms with van der Waals surface area (Å²) < 4.78 is 69.7. The Morgan fingerprint density at radius 3 is 2.57 bits per heavy atom. The Kier molecular flexibility index (Phi) is 6.66. The van der Waals surface area contributed by atoms with Gasteiger partial charge in [0.15, 0.2) is 5.96 Å². The zero-order valence-electron chi connectivity index (χ0n) is 16.3. The Hall–Kier alpha value is -2.60. The van der Waals surface area contributed by atoms with E-state index in [1.165, 1.54) is 22.7 Å². The third-order valence-corrected chi connectivity index (χ3v) is 6.48. The van der Waals surface area contributed by atoms with Crippen molar-refractivity contribution in [2.24, 2.45) is 4.99 Å². The van der Waals surface area contributed by atoms with Crippen molar-refractivity contribution in [2.75, 3.05) is 33.2 Å². The number of nitrogens with one attached hydrogen (secondary N) is 1. The van der Waals surface area contributed by atoms with Gasteiger partial charge in [-0.2, -0.15) is 17.5 Å². The zero-order valence-corrected chi connectivity index (χ0v) is 17.1. The standard InChI is InChI=1S/C18H22F3N5O3S/c1-22-17(23-12-14-3-2-4-15(11-14)18(19,20)21)25-6-8-26(9-7-25)30(27,28)13-16-5-10-29-24-16/h2-5,10-11H,6-9,12-13H2,1H3,(H,22,23). The van der Waals surface area contributed by atoms with Crippen molar-refractivity contribution >= 4 is 16.0 Å². The van der Waals surface area contributed by atoms with Crippen molar-refractivity contribution in [1.29, 1.82) is 0 Å². The zero-order chi connectivity index (χ0) is 21.8. The lowest BCUT2D eigenvalue weighted by Gasteiger charge is -2.35. The van der Waals surface area contributed by atoms with Gasteiger partial charge in [0.05, 0.1) is 11.3 Å². The van der Waals surface area contributed by atoms with E-state index in [0.717, 1.165) is 12.1 Å². The van der Waals surface area contributed by atoms with Crippen LogP contribution in [-0.2, 0) is 28.5 Å². The molecule has 0 atom stereocenters. The molecule has 0 aliphatic carbocycles. The van der Waals surface area contributed by atoms with Crippen LogP contribution in [0.2, 0.25) is 0 Å². The Labute approximate surface area is 172 Å². The maximum absolute atomic E-state index is 12.9. The number of piperazine rings is 1. The highest BCUT2D eigenvalue weighted by Crippen LogP contribution is 2.29. The van der Waals surface area contributed by atoms with Gasteiger partial charge in [-0.05, 0) is 17.7 Å². The van der Waals surface area contributed by atoms with Crippen LogP contribution >= 0.6 is 0 Å². The number of alkyl halides is 3. The van der Waals surface area contributed by atoms with Crippen LogP contribution in [0.4, 0.5) is 13.2 Å². The summed E-state index contributed by atoms with van der Waals surface area (Å²) in [6.07, 6.45) is -3.08. The quantitative estimate of drug-likeness (QED) is 0.559. The molecule has 0 amide bonds. The molecule has 1 aliphatic heterocycles. The Morgan fingerprint density at radius 1 is 1.23 bits per heavy atom. The SMILES string of the molecule is CN=C(NCc1cccc(C(F)(F)F)c1)N1CCN(S(=O)(=O)Cc2ccon2)CC1. The number of halogens is 3. The second-order valence-corrected chi connectivity index (χ2v) is 8.70. The molecule has 8 nitrogen and oxygen atoms in total. The predicted octanol–water partition coefficient (Wildman–Crippen LogP) is 1.92. The second kappa shape index (κ2) is 9.04. The molecule has 0 spiro atoms. The number of guanidine groups is 1. The van der Waals surface area contributed by atoms with E-state index in [1.807, 2.05) is 4.90 Å². The van der Waals surface area contributed by atoms with E-state index in [4.69, 9.17) is 0 Å². The largest absolute Gasteiger partial charge is 0.416 e. The average Bonchev–Trinajstić information content (AvgIpc) is 3.21. The molecule has 0 bridgehead atoms. The molecule has 0 unspecified atom stereocenters. The third kappa shape index (κ3) is 5.51. The fourth-order valence-electron chi connectivity index (χ4n) is 3.14. The van der Waals surface area contributed by atoms with Crippen molar-refractivity contribution in [3.63, 3.8) is 0 Å². The van der Waals surface area contributed by atoms with Crippen LogP contribution in [0.5, 0.6) is 0 Å². The molecule has 12 heteroatoms. The summed E-state index contributed by atoms with van der Waals surface area (Å²) in [4.78, 5) is 6.04. The summed E-state index contributed by atoms with van der Waals surface area (Å²) in [5.74, 6) is 0.271. The first kappa shape index (κ1) is 22.1. The van der Waals surface area contributed by atoms with Gasteiger partial charge in [-0.1, -0.05) is 17.3 Å². The van der Waals surface area contributed by atoms with E-state index in [2.05, 4.69) is 20.0 Å². The minimum absolute atomic E-state index is 0.168. The van der Waals surface area contributed by atoms with Crippen LogP contribution < -0.4 is 5.32 Å². The van der Waals surface area contributed by atoms with E-state index in [-0.39, 0.29) is 25.4 Å². The van der Waals surface area contributed by atoms with Crippen molar-refractivity contribution in [2.45, 2.75) is 18.5 Å². The van der Waals surface area contributed by atoms with Crippen LogP contribution in [-0.4, -0.2) is 62.0 Å². The lowest BCUT2D eigenvalue weighted by atomic mass is 10.1. The van der Waals surface area contributed by atoms with E-state index in [1.54, 1.807) is 13.1 Å². The van der Waals surface area contributed by atoms with Gasteiger partial charge in [0, 0.05) is 45.8 Å². The van der Waals surface area contributed by atoms with Gasteiger partial charge in [0.1, 0.15) is 12.0 Å². The van der Waals surface area contributed by atoms with E-state index in [0.29, 0.717) is 30.3 Å². The molecular weight excluding hydrogens is 423 g/mol. The number of hydrogen-bond acceptors (Lipinski definition) is 5. The summed E-state index contributed by atoms with van der Waals surface area (Å²) in [5, 5.41) is 6.68. The molecule has 164 valence electrons. The molecule has 2 aromatic rings. The molecule has 0 saturated carbocycles. The molecule has 2 heterocycles. The van der Waals surface area contributed by atoms with Crippen molar-refractivity contribution < 1.29 is 26.1 Å². The summed E-state index contributed by atoms with van der Waals surface area (Å²) in [6.45, 7) is 1.51. The summed E-state index contributed by atoms with van der Waals surface area (Å²) in [5.41, 5.74) is 0.110. The van der Waals surface area contributed by atoms with Crippen LogP contribution in [0.15, 0.2) is 46.1 Å². The molecular formula is C18H22F3N5O3S.